The molecular weight excluding hydrogens is 136 g/mol. The highest BCUT2D eigenvalue weighted by Gasteiger charge is 2.01. The third kappa shape index (κ3) is 17.8. The molecule has 0 aromatic rings. The summed E-state index contributed by atoms with van der Waals surface area (Å²) in [4.78, 5) is 0. The highest BCUT2D eigenvalue weighted by Crippen LogP contribution is 2.05. The van der Waals surface area contributed by atoms with E-state index in [1.807, 2.05) is 6.92 Å². The molecule has 0 saturated heterocycles. The maximum Gasteiger partial charge on any atom is 0.0540 e. The summed E-state index contributed by atoms with van der Waals surface area (Å²) in [6.07, 6.45) is 3.00. The standard InChI is InChI=1S/C7H16O.C3H8/c1-4-7(8)5-6(2)3;1-3-2/h6-8H,4-5H2,1-3H3;3H2,1-2H3. The van der Waals surface area contributed by atoms with Crippen LogP contribution in [-0.2, 0) is 0 Å². The van der Waals surface area contributed by atoms with Gasteiger partial charge in [-0.2, -0.15) is 0 Å². The van der Waals surface area contributed by atoms with Gasteiger partial charge in [-0.15, -0.1) is 0 Å². The SMILES string of the molecule is CCC.CCC(O)CC(C)C. The van der Waals surface area contributed by atoms with Crippen molar-refractivity contribution in [1.82, 2.24) is 0 Å². The Balaban J connectivity index is 0. The largest absolute Gasteiger partial charge is 0.393 e. The summed E-state index contributed by atoms with van der Waals surface area (Å²) in [7, 11) is 0. The average molecular weight is 160 g/mol. The molecule has 0 aliphatic rings. The molecule has 0 bridgehead atoms. The lowest BCUT2D eigenvalue weighted by molar-refractivity contribution is 0.145. The van der Waals surface area contributed by atoms with Gasteiger partial charge in [0.05, 0.1) is 6.10 Å². The Labute approximate surface area is 71.8 Å². The number of aliphatic hydroxyl groups excluding tert-OH is 1. The van der Waals surface area contributed by atoms with Gasteiger partial charge in [0.1, 0.15) is 0 Å². The average Bonchev–Trinajstić information content (AvgIpc) is 1.88. The van der Waals surface area contributed by atoms with E-state index >= 15 is 0 Å². The Kier molecular flexibility index (Phi) is 12.3. The monoisotopic (exact) mass is 160 g/mol. The van der Waals surface area contributed by atoms with Crippen molar-refractivity contribution in [2.24, 2.45) is 5.92 Å². The molecule has 1 nitrogen and oxygen atoms in total. The number of rotatable bonds is 3. The van der Waals surface area contributed by atoms with Crippen LogP contribution in [0.2, 0.25) is 0 Å². The number of aliphatic hydroxyl groups is 1. The van der Waals surface area contributed by atoms with Crippen molar-refractivity contribution in [3.63, 3.8) is 0 Å². The Hall–Kier alpha value is -0.0400. The quantitative estimate of drug-likeness (QED) is 0.672. The molecule has 0 rings (SSSR count). The van der Waals surface area contributed by atoms with Crippen LogP contribution in [0.1, 0.15) is 53.9 Å². The molecule has 0 spiro atoms. The fourth-order valence-corrected chi connectivity index (χ4v) is 0.711. The fourth-order valence-electron chi connectivity index (χ4n) is 0.711. The first-order valence-corrected chi connectivity index (χ1v) is 4.76. The van der Waals surface area contributed by atoms with E-state index < -0.39 is 0 Å². The van der Waals surface area contributed by atoms with Crippen LogP contribution in [0.5, 0.6) is 0 Å². The summed E-state index contributed by atoms with van der Waals surface area (Å²) in [5.41, 5.74) is 0. The van der Waals surface area contributed by atoms with Crippen molar-refractivity contribution in [3.05, 3.63) is 0 Å². The van der Waals surface area contributed by atoms with Gasteiger partial charge in [-0.3, -0.25) is 0 Å². The summed E-state index contributed by atoms with van der Waals surface area (Å²) < 4.78 is 0. The lowest BCUT2D eigenvalue weighted by atomic mass is 10.0. The van der Waals surface area contributed by atoms with Crippen LogP contribution in [0, 0.1) is 5.92 Å². The molecule has 1 heteroatoms. The summed E-state index contributed by atoms with van der Waals surface area (Å²) >= 11 is 0. The van der Waals surface area contributed by atoms with Gasteiger partial charge in [0.2, 0.25) is 0 Å². The Morgan fingerprint density at radius 1 is 1.09 bits per heavy atom. The van der Waals surface area contributed by atoms with Gasteiger partial charge in [-0.1, -0.05) is 41.0 Å². The minimum atomic E-state index is -0.0741. The van der Waals surface area contributed by atoms with Crippen molar-refractivity contribution >= 4 is 0 Å². The van der Waals surface area contributed by atoms with E-state index in [4.69, 9.17) is 5.11 Å². The molecule has 0 heterocycles. The molecule has 1 unspecified atom stereocenters. The van der Waals surface area contributed by atoms with Gasteiger partial charge in [-0.05, 0) is 18.8 Å². The summed E-state index contributed by atoms with van der Waals surface area (Å²) in [5, 5.41) is 9.03. The molecule has 70 valence electrons. The van der Waals surface area contributed by atoms with Gasteiger partial charge in [0, 0.05) is 0 Å². The molecule has 0 aliphatic carbocycles. The first kappa shape index (κ1) is 13.5. The van der Waals surface area contributed by atoms with E-state index in [1.54, 1.807) is 0 Å². The predicted octanol–water partition coefficient (Wildman–Crippen LogP) is 3.22. The maximum absolute atomic E-state index is 9.03. The van der Waals surface area contributed by atoms with Crippen LogP contribution < -0.4 is 0 Å². The van der Waals surface area contributed by atoms with Crippen molar-refractivity contribution in [2.75, 3.05) is 0 Å². The molecule has 11 heavy (non-hydrogen) atoms. The van der Waals surface area contributed by atoms with E-state index in [9.17, 15) is 0 Å². The zero-order valence-electron chi connectivity index (χ0n) is 8.72. The molecule has 1 atom stereocenters. The summed E-state index contributed by atoms with van der Waals surface area (Å²) in [6.45, 7) is 10.5. The van der Waals surface area contributed by atoms with Crippen LogP contribution >= 0.6 is 0 Å². The number of hydrogen-bond acceptors (Lipinski definition) is 1. The molecule has 0 saturated carbocycles. The molecule has 0 radical (unpaired) electrons. The second kappa shape index (κ2) is 9.96. The van der Waals surface area contributed by atoms with Crippen LogP contribution in [0.25, 0.3) is 0 Å². The Morgan fingerprint density at radius 3 is 1.55 bits per heavy atom. The summed E-state index contributed by atoms with van der Waals surface area (Å²) in [6, 6.07) is 0. The van der Waals surface area contributed by atoms with Crippen molar-refractivity contribution in [1.29, 1.82) is 0 Å². The maximum atomic E-state index is 9.03. The van der Waals surface area contributed by atoms with Crippen LogP contribution in [0.3, 0.4) is 0 Å². The topological polar surface area (TPSA) is 20.2 Å². The van der Waals surface area contributed by atoms with Gasteiger partial charge in [0.25, 0.3) is 0 Å². The highest BCUT2D eigenvalue weighted by atomic mass is 16.3. The predicted molar refractivity (Wildman–Crippen MR) is 51.7 cm³/mol. The lowest BCUT2D eigenvalue weighted by Gasteiger charge is -2.08. The van der Waals surface area contributed by atoms with E-state index in [2.05, 4.69) is 27.7 Å². The Morgan fingerprint density at radius 2 is 1.45 bits per heavy atom. The molecule has 0 aliphatic heterocycles. The van der Waals surface area contributed by atoms with Crippen LogP contribution in [-0.4, -0.2) is 11.2 Å². The molecular formula is C10H24O. The third-order valence-corrected chi connectivity index (χ3v) is 1.21. The summed E-state index contributed by atoms with van der Waals surface area (Å²) in [5.74, 6) is 0.630. The minimum Gasteiger partial charge on any atom is -0.393 e. The van der Waals surface area contributed by atoms with E-state index in [0.717, 1.165) is 12.8 Å². The fraction of sp³-hybridized carbons (Fsp3) is 1.00. The second-order valence-corrected chi connectivity index (χ2v) is 3.40. The van der Waals surface area contributed by atoms with E-state index in [-0.39, 0.29) is 6.10 Å². The normalized spacial score (nSPS) is 12.3. The lowest BCUT2D eigenvalue weighted by Crippen LogP contribution is -2.07. The minimum absolute atomic E-state index is 0.0741. The van der Waals surface area contributed by atoms with Crippen LogP contribution in [0.15, 0.2) is 0 Å². The van der Waals surface area contributed by atoms with Crippen molar-refractivity contribution in [3.8, 4) is 0 Å². The molecule has 0 aromatic carbocycles. The zero-order valence-corrected chi connectivity index (χ0v) is 8.72. The van der Waals surface area contributed by atoms with E-state index in [1.165, 1.54) is 6.42 Å². The van der Waals surface area contributed by atoms with Gasteiger partial charge in [-0.25, -0.2) is 0 Å². The first-order valence-electron chi connectivity index (χ1n) is 4.76. The van der Waals surface area contributed by atoms with Crippen molar-refractivity contribution in [2.45, 2.75) is 60.0 Å². The first-order chi connectivity index (χ1) is 5.08. The van der Waals surface area contributed by atoms with Crippen LogP contribution in [0.4, 0.5) is 0 Å². The van der Waals surface area contributed by atoms with Crippen molar-refractivity contribution < 1.29 is 5.11 Å². The molecule has 0 aromatic heterocycles. The molecule has 0 amide bonds. The smallest absolute Gasteiger partial charge is 0.0540 e. The zero-order chi connectivity index (χ0) is 9.28. The van der Waals surface area contributed by atoms with Gasteiger partial charge < -0.3 is 5.11 Å². The molecule has 0 fully saturated rings. The van der Waals surface area contributed by atoms with E-state index in [0.29, 0.717) is 5.92 Å². The molecule has 1 N–H and O–H groups in total. The Bertz CT molecular complexity index is 59.9. The number of hydrogen-bond donors (Lipinski definition) is 1. The van der Waals surface area contributed by atoms with Gasteiger partial charge >= 0.3 is 0 Å². The second-order valence-electron chi connectivity index (χ2n) is 3.40. The third-order valence-electron chi connectivity index (χ3n) is 1.21. The van der Waals surface area contributed by atoms with Gasteiger partial charge in [0.15, 0.2) is 0 Å². The highest BCUT2D eigenvalue weighted by molar-refractivity contribution is 4.54.